The molecule has 0 aromatic carbocycles. The zero-order valence-corrected chi connectivity index (χ0v) is 6.64. The molecular weight excluding hydrogens is 126 g/mol. The lowest BCUT2D eigenvalue weighted by molar-refractivity contribution is -0.0117. The molecule has 0 aromatic heterocycles. The van der Waals surface area contributed by atoms with Crippen LogP contribution in [0.2, 0.25) is 0 Å². The molecule has 0 aliphatic heterocycles. The van der Waals surface area contributed by atoms with Crippen LogP contribution < -0.4 is 5.73 Å². The molecule has 0 heterocycles. The highest BCUT2D eigenvalue weighted by Crippen LogP contribution is 2.27. The molecule has 2 unspecified atom stereocenters. The zero-order chi connectivity index (χ0) is 7.61. The Morgan fingerprint density at radius 1 is 1.40 bits per heavy atom. The summed E-state index contributed by atoms with van der Waals surface area (Å²) in [7, 11) is 0. The average molecular weight is 143 g/mol. The molecule has 1 saturated carbocycles. The number of hydrogen-bond donors (Lipinski definition) is 2. The zero-order valence-electron chi connectivity index (χ0n) is 6.64. The molecular formula is C8H17NO. The van der Waals surface area contributed by atoms with Crippen molar-refractivity contribution >= 4 is 0 Å². The number of nitrogens with two attached hydrogens (primary N) is 1. The van der Waals surface area contributed by atoms with E-state index in [0.29, 0.717) is 0 Å². The molecule has 1 rings (SSSR count). The van der Waals surface area contributed by atoms with Gasteiger partial charge in [0.15, 0.2) is 0 Å². The topological polar surface area (TPSA) is 46.2 Å². The molecule has 0 amide bonds. The summed E-state index contributed by atoms with van der Waals surface area (Å²) in [6.45, 7) is 2.03. The lowest BCUT2D eigenvalue weighted by Gasteiger charge is -2.27. The molecule has 10 heavy (non-hydrogen) atoms. The summed E-state index contributed by atoms with van der Waals surface area (Å²) in [5.74, 6) is 0.273. The van der Waals surface area contributed by atoms with Crippen molar-refractivity contribution in [2.24, 2.45) is 11.7 Å². The van der Waals surface area contributed by atoms with Gasteiger partial charge in [0.2, 0.25) is 0 Å². The summed E-state index contributed by atoms with van der Waals surface area (Å²) in [6.07, 6.45) is 5.38. The van der Waals surface area contributed by atoms with Crippen LogP contribution in [0.3, 0.4) is 0 Å². The molecule has 0 saturated heterocycles. The van der Waals surface area contributed by atoms with Gasteiger partial charge in [0.25, 0.3) is 0 Å². The van der Waals surface area contributed by atoms with Gasteiger partial charge in [-0.15, -0.1) is 0 Å². The fourth-order valence-corrected chi connectivity index (χ4v) is 1.53. The molecule has 0 bridgehead atoms. The number of aliphatic hydroxyl groups is 1. The average Bonchev–Trinajstić information content (AvgIpc) is 1.96. The molecule has 1 aliphatic carbocycles. The summed E-state index contributed by atoms with van der Waals surface area (Å²) < 4.78 is 0. The highest BCUT2D eigenvalue weighted by atomic mass is 16.3. The summed E-state index contributed by atoms with van der Waals surface area (Å²) in [4.78, 5) is 0. The van der Waals surface area contributed by atoms with Gasteiger partial charge >= 0.3 is 0 Å². The minimum atomic E-state index is -0.878. The Bertz CT molecular complexity index is 112. The molecule has 0 aromatic rings. The summed E-state index contributed by atoms with van der Waals surface area (Å²) in [6, 6.07) is 0. The van der Waals surface area contributed by atoms with Crippen LogP contribution in [0.5, 0.6) is 0 Å². The molecule has 1 aliphatic rings. The fraction of sp³-hybridized carbons (Fsp3) is 1.00. The SMILES string of the molecule is CC1CCCCCC1(N)O. The van der Waals surface area contributed by atoms with Crippen molar-refractivity contribution in [3.05, 3.63) is 0 Å². The summed E-state index contributed by atoms with van der Waals surface area (Å²) in [5, 5.41) is 9.60. The van der Waals surface area contributed by atoms with E-state index in [1.54, 1.807) is 0 Å². The molecule has 3 N–H and O–H groups in total. The fourth-order valence-electron chi connectivity index (χ4n) is 1.53. The Hall–Kier alpha value is -0.0800. The van der Waals surface area contributed by atoms with Crippen molar-refractivity contribution in [1.82, 2.24) is 0 Å². The van der Waals surface area contributed by atoms with E-state index in [9.17, 15) is 5.11 Å². The van der Waals surface area contributed by atoms with E-state index >= 15 is 0 Å². The van der Waals surface area contributed by atoms with E-state index in [0.717, 1.165) is 19.3 Å². The van der Waals surface area contributed by atoms with Crippen molar-refractivity contribution in [3.63, 3.8) is 0 Å². The quantitative estimate of drug-likeness (QED) is 0.396. The third-order valence-corrected chi connectivity index (χ3v) is 2.57. The standard InChI is InChI=1S/C8H17NO/c1-7-5-3-2-4-6-8(7,9)10/h7,10H,2-6,9H2,1H3. The molecule has 60 valence electrons. The Kier molecular flexibility index (Phi) is 2.32. The van der Waals surface area contributed by atoms with Crippen molar-refractivity contribution in [1.29, 1.82) is 0 Å². The third-order valence-electron chi connectivity index (χ3n) is 2.57. The molecule has 0 spiro atoms. The van der Waals surface area contributed by atoms with E-state index in [1.807, 2.05) is 6.92 Å². The first-order chi connectivity index (χ1) is 4.63. The van der Waals surface area contributed by atoms with E-state index in [1.165, 1.54) is 12.8 Å². The lowest BCUT2D eigenvalue weighted by atomic mass is 9.94. The highest BCUT2D eigenvalue weighted by Gasteiger charge is 2.29. The van der Waals surface area contributed by atoms with Crippen LogP contribution in [-0.2, 0) is 0 Å². The first-order valence-electron chi connectivity index (χ1n) is 4.14. The second-order valence-electron chi connectivity index (χ2n) is 3.49. The Morgan fingerprint density at radius 3 is 2.80 bits per heavy atom. The van der Waals surface area contributed by atoms with Crippen LogP contribution in [0.1, 0.15) is 39.0 Å². The third kappa shape index (κ3) is 1.70. The first-order valence-corrected chi connectivity index (χ1v) is 4.14. The maximum atomic E-state index is 9.60. The number of hydrogen-bond acceptors (Lipinski definition) is 2. The predicted octanol–water partition coefficient (Wildman–Crippen LogP) is 1.23. The second-order valence-corrected chi connectivity index (χ2v) is 3.49. The number of rotatable bonds is 0. The maximum absolute atomic E-state index is 9.60. The lowest BCUT2D eigenvalue weighted by Crippen LogP contribution is -2.45. The highest BCUT2D eigenvalue weighted by molar-refractivity contribution is 4.79. The van der Waals surface area contributed by atoms with Gasteiger partial charge in [-0.1, -0.05) is 19.8 Å². The van der Waals surface area contributed by atoms with Crippen LogP contribution in [0.25, 0.3) is 0 Å². The van der Waals surface area contributed by atoms with E-state index in [-0.39, 0.29) is 5.92 Å². The van der Waals surface area contributed by atoms with Crippen molar-refractivity contribution < 1.29 is 5.11 Å². The Labute approximate surface area is 62.4 Å². The molecule has 2 atom stereocenters. The van der Waals surface area contributed by atoms with E-state index in [4.69, 9.17) is 5.73 Å². The van der Waals surface area contributed by atoms with Crippen LogP contribution in [0.15, 0.2) is 0 Å². The van der Waals surface area contributed by atoms with Crippen LogP contribution >= 0.6 is 0 Å². The van der Waals surface area contributed by atoms with Gasteiger partial charge in [-0.25, -0.2) is 0 Å². The second kappa shape index (κ2) is 2.89. The van der Waals surface area contributed by atoms with Gasteiger partial charge < -0.3 is 10.8 Å². The van der Waals surface area contributed by atoms with Crippen LogP contribution in [-0.4, -0.2) is 10.8 Å². The Balaban J connectivity index is 2.52. The van der Waals surface area contributed by atoms with Gasteiger partial charge in [-0.2, -0.15) is 0 Å². The summed E-state index contributed by atoms with van der Waals surface area (Å²) >= 11 is 0. The van der Waals surface area contributed by atoms with Gasteiger partial charge in [0.05, 0.1) is 0 Å². The smallest absolute Gasteiger partial charge is 0.116 e. The molecule has 0 radical (unpaired) electrons. The van der Waals surface area contributed by atoms with Crippen molar-refractivity contribution in [2.45, 2.75) is 44.8 Å². The monoisotopic (exact) mass is 143 g/mol. The van der Waals surface area contributed by atoms with E-state index < -0.39 is 5.72 Å². The molecule has 2 heteroatoms. The molecule has 2 nitrogen and oxygen atoms in total. The maximum Gasteiger partial charge on any atom is 0.116 e. The van der Waals surface area contributed by atoms with Crippen molar-refractivity contribution in [3.8, 4) is 0 Å². The van der Waals surface area contributed by atoms with Gasteiger partial charge in [-0.3, -0.25) is 0 Å². The normalized spacial score (nSPS) is 42.9. The predicted molar refractivity (Wildman–Crippen MR) is 41.4 cm³/mol. The minimum absolute atomic E-state index is 0.273. The Morgan fingerprint density at radius 2 is 2.10 bits per heavy atom. The first kappa shape index (κ1) is 8.02. The largest absolute Gasteiger partial charge is 0.376 e. The minimum Gasteiger partial charge on any atom is -0.376 e. The molecule has 1 fully saturated rings. The van der Waals surface area contributed by atoms with Gasteiger partial charge in [0.1, 0.15) is 5.72 Å². The van der Waals surface area contributed by atoms with Crippen molar-refractivity contribution in [2.75, 3.05) is 0 Å². The van der Waals surface area contributed by atoms with E-state index in [2.05, 4.69) is 0 Å². The van der Waals surface area contributed by atoms with Gasteiger partial charge in [0, 0.05) is 0 Å². The van der Waals surface area contributed by atoms with Crippen LogP contribution in [0.4, 0.5) is 0 Å². The summed E-state index contributed by atoms with van der Waals surface area (Å²) in [5.41, 5.74) is 4.80. The van der Waals surface area contributed by atoms with Gasteiger partial charge in [-0.05, 0) is 25.2 Å². The van der Waals surface area contributed by atoms with Crippen LogP contribution in [0, 0.1) is 5.92 Å².